The van der Waals surface area contributed by atoms with Crippen molar-refractivity contribution < 1.29 is 9.84 Å². The van der Waals surface area contributed by atoms with Crippen LogP contribution in [0.2, 0.25) is 0 Å². The second kappa shape index (κ2) is 5.22. The molecule has 5 heteroatoms. The number of hydrogen-bond acceptors (Lipinski definition) is 3. The van der Waals surface area contributed by atoms with Crippen LogP contribution in [-0.2, 0) is 0 Å². The molecule has 0 aliphatic carbocycles. The standard InChI is InChI=1S/C15H17BrN2O2/c1-9(2)18-8-10(7-17-18)14-6-13(19)12-4-3-11(16)5-15(12)20-14/h3-5,7-9,13-14,19H,6H2,1-2H3/t13-,14?/m0/s1. The van der Waals surface area contributed by atoms with Gasteiger partial charge in [0.25, 0.3) is 0 Å². The van der Waals surface area contributed by atoms with Gasteiger partial charge in [-0.25, -0.2) is 0 Å². The number of rotatable bonds is 2. The zero-order valence-electron chi connectivity index (χ0n) is 11.5. The summed E-state index contributed by atoms with van der Waals surface area (Å²) in [5.41, 5.74) is 1.85. The Bertz CT molecular complexity index is 624. The van der Waals surface area contributed by atoms with Crippen LogP contribution < -0.4 is 4.74 Å². The summed E-state index contributed by atoms with van der Waals surface area (Å²) in [6.45, 7) is 4.17. The van der Waals surface area contributed by atoms with Crippen LogP contribution in [0.15, 0.2) is 35.1 Å². The van der Waals surface area contributed by atoms with Crippen molar-refractivity contribution in [2.45, 2.75) is 38.5 Å². The molecule has 1 aromatic heterocycles. The van der Waals surface area contributed by atoms with Crippen LogP contribution >= 0.6 is 15.9 Å². The summed E-state index contributed by atoms with van der Waals surface area (Å²) in [4.78, 5) is 0. The van der Waals surface area contributed by atoms with Crippen molar-refractivity contribution in [3.63, 3.8) is 0 Å². The number of halogens is 1. The summed E-state index contributed by atoms with van der Waals surface area (Å²) in [6.07, 6.45) is 3.71. The van der Waals surface area contributed by atoms with E-state index >= 15 is 0 Å². The predicted molar refractivity (Wildman–Crippen MR) is 79.7 cm³/mol. The van der Waals surface area contributed by atoms with Crippen LogP contribution in [0.4, 0.5) is 0 Å². The zero-order chi connectivity index (χ0) is 14.3. The van der Waals surface area contributed by atoms with E-state index in [0.29, 0.717) is 12.5 Å². The van der Waals surface area contributed by atoms with E-state index < -0.39 is 6.10 Å². The third-order valence-corrected chi connectivity index (χ3v) is 4.06. The lowest BCUT2D eigenvalue weighted by atomic mass is 9.96. The van der Waals surface area contributed by atoms with Crippen LogP contribution in [0.5, 0.6) is 5.75 Å². The van der Waals surface area contributed by atoms with Crippen molar-refractivity contribution in [2.24, 2.45) is 0 Å². The van der Waals surface area contributed by atoms with Gasteiger partial charge >= 0.3 is 0 Å². The van der Waals surface area contributed by atoms with Crippen LogP contribution in [-0.4, -0.2) is 14.9 Å². The average molecular weight is 337 g/mol. The lowest BCUT2D eigenvalue weighted by molar-refractivity contribution is 0.0656. The van der Waals surface area contributed by atoms with Crippen LogP contribution in [0.3, 0.4) is 0 Å². The second-order valence-electron chi connectivity index (χ2n) is 5.39. The van der Waals surface area contributed by atoms with Gasteiger partial charge in [-0.2, -0.15) is 5.10 Å². The number of hydrogen-bond donors (Lipinski definition) is 1. The SMILES string of the molecule is CC(C)n1cc(C2C[C@H](O)c3ccc(Br)cc3O2)cn1. The fraction of sp³-hybridized carbons (Fsp3) is 0.400. The number of ether oxygens (including phenoxy) is 1. The molecule has 3 rings (SSSR count). The van der Waals surface area contributed by atoms with E-state index in [4.69, 9.17) is 4.74 Å². The molecule has 1 aliphatic heterocycles. The van der Waals surface area contributed by atoms with Gasteiger partial charge in [-0.1, -0.05) is 22.0 Å². The molecule has 0 bridgehead atoms. The van der Waals surface area contributed by atoms with E-state index in [-0.39, 0.29) is 6.10 Å². The first-order chi connectivity index (χ1) is 9.54. The zero-order valence-corrected chi connectivity index (χ0v) is 13.0. The normalized spacial score (nSPS) is 21.6. The monoisotopic (exact) mass is 336 g/mol. The number of benzene rings is 1. The molecule has 2 aromatic rings. The maximum Gasteiger partial charge on any atom is 0.130 e. The van der Waals surface area contributed by atoms with E-state index in [9.17, 15) is 5.11 Å². The number of aliphatic hydroxyl groups is 1. The van der Waals surface area contributed by atoms with E-state index in [1.807, 2.05) is 35.3 Å². The third-order valence-electron chi connectivity index (χ3n) is 3.56. The maximum absolute atomic E-state index is 10.3. The Morgan fingerprint density at radius 2 is 2.25 bits per heavy atom. The van der Waals surface area contributed by atoms with Crippen molar-refractivity contribution in [1.82, 2.24) is 9.78 Å². The fourth-order valence-corrected chi connectivity index (χ4v) is 2.76. The van der Waals surface area contributed by atoms with E-state index in [2.05, 4.69) is 34.9 Å². The highest BCUT2D eigenvalue weighted by molar-refractivity contribution is 9.10. The van der Waals surface area contributed by atoms with Crippen molar-refractivity contribution in [3.8, 4) is 5.75 Å². The summed E-state index contributed by atoms with van der Waals surface area (Å²) < 4.78 is 8.87. The van der Waals surface area contributed by atoms with E-state index in [1.54, 1.807) is 0 Å². The molecule has 0 saturated carbocycles. The summed E-state index contributed by atoms with van der Waals surface area (Å²) in [5, 5.41) is 14.6. The Kier molecular flexibility index (Phi) is 3.56. The first-order valence-corrected chi connectivity index (χ1v) is 7.52. The first kappa shape index (κ1) is 13.6. The lowest BCUT2D eigenvalue weighted by Gasteiger charge is -2.29. The minimum absolute atomic E-state index is 0.153. The highest BCUT2D eigenvalue weighted by Gasteiger charge is 2.29. The van der Waals surface area contributed by atoms with Gasteiger partial charge in [0.15, 0.2) is 0 Å². The number of fused-ring (bicyclic) bond motifs is 1. The molecule has 1 unspecified atom stereocenters. The van der Waals surface area contributed by atoms with Crippen LogP contribution in [0, 0.1) is 0 Å². The third kappa shape index (κ3) is 2.47. The second-order valence-corrected chi connectivity index (χ2v) is 6.30. The Morgan fingerprint density at radius 3 is 2.95 bits per heavy atom. The Morgan fingerprint density at radius 1 is 1.45 bits per heavy atom. The topological polar surface area (TPSA) is 47.3 Å². The molecule has 1 N–H and O–H groups in total. The molecule has 0 radical (unpaired) electrons. The Labute approximate surface area is 126 Å². The molecule has 2 heterocycles. The number of aliphatic hydroxyl groups excluding tert-OH is 1. The molecule has 1 aromatic carbocycles. The highest BCUT2D eigenvalue weighted by atomic mass is 79.9. The van der Waals surface area contributed by atoms with Gasteiger partial charge in [0.05, 0.1) is 12.3 Å². The van der Waals surface area contributed by atoms with Crippen molar-refractivity contribution in [3.05, 3.63) is 46.2 Å². The van der Waals surface area contributed by atoms with Gasteiger partial charge in [0.2, 0.25) is 0 Å². The van der Waals surface area contributed by atoms with E-state index in [1.165, 1.54) is 0 Å². The van der Waals surface area contributed by atoms with Crippen LogP contribution in [0.1, 0.15) is 49.6 Å². The summed E-state index contributed by atoms with van der Waals surface area (Å²) in [7, 11) is 0. The predicted octanol–water partition coefficient (Wildman–Crippen LogP) is 3.78. The van der Waals surface area contributed by atoms with Gasteiger partial charge < -0.3 is 9.84 Å². The number of aromatic nitrogens is 2. The molecule has 0 saturated heterocycles. The van der Waals surface area contributed by atoms with Gasteiger partial charge in [0.1, 0.15) is 11.9 Å². The quantitative estimate of drug-likeness (QED) is 0.907. The minimum atomic E-state index is -0.501. The molecule has 0 fully saturated rings. The van der Waals surface area contributed by atoms with E-state index in [0.717, 1.165) is 21.3 Å². The summed E-state index contributed by atoms with van der Waals surface area (Å²) in [5.74, 6) is 0.737. The summed E-state index contributed by atoms with van der Waals surface area (Å²) >= 11 is 3.43. The largest absolute Gasteiger partial charge is 0.485 e. The number of nitrogens with zero attached hydrogens (tertiary/aromatic N) is 2. The smallest absolute Gasteiger partial charge is 0.130 e. The lowest BCUT2D eigenvalue weighted by Crippen LogP contribution is -2.18. The van der Waals surface area contributed by atoms with Gasteiger partial charge in [-0.15, -0.1) is 0 Å². The molecular weight excluding hydrogens is 320 g/mol. The molecule has 106 valence electrons. The molecule has 0 amide bonds. The van der Waals surface area contributed by atoms with Crippen molar-refractivity contribution in [1.29, 1.82) is 0 Å². The minimum Gasteiger partial charge on any atom is -0.485 e. The Balaban J connectivity index is 1.90. The fourth-order valence-electron chi connectivity index (χ4n) is 2.42. The van der Waals surface area contributed by atoms with Gasteiger partial charge in [0, 0.05) is 34.3 Å². The molecular formula is C15H17BrN2O2. The molecule has 20 heavy (non-hydrogen) atoms. The van der Waals surface area contributed by atoms with Crippen LogP contribution in [0.25, 0.3) is 0 Å². The molecule has 0 spiro atoms. The van der Waals surface area contributed by atoms with Crippen molar-refractivity contribution >= 4 is 15.9 Å². The van der Waals surface area contributed by atoms with Gasteiger partial charge in [-0.3, -0.25) is 4.68 Å². The Hall–Kier alpha value is -1.33. The highest BCUT2D eigenvalue weighted by Crippen LogP contribution is 2.41. The molecule has 4 nitrogen and oxygen atoms in total. The molecule has 2 atom stereocenters. The first-order valence-electron chi connectivity index (χ1n) is 6.73. The molecule has 1 aliphatic rings. The van der Waals surface area contributed by atoms with Gasteiger partial charge in [-0.05, 0) is 26.0 Å². The average Bonchev–Trinajstić information content (AvgIpc) is 2.87. The summed E-state index contributed by atoms with van der Waals surface area (Å²) in [6, 6.07) is 6.04. The maximum atomic E-state index is 10.3. The van der Waals surface area contributed by atoms with Crippen molar-refractivity contribution in [2.75, 3.05) is 0 Å².